The number of methoxy groups -OCH3 is 1. The SMILES string of the molecule is COc1cc(C2C3=C(CN(C(C)=O)C3=O)Nc3cccc4c3c2cn4CC(C)C)ccc1O. The highest BCUT2D eigenvalue weighted by atomic mass is 16.5. The number of phenolic OH excluding ortho intramolecular Hbond substituents is 1. The number of phenols is 1. The molecule has 1 unspecified atom stereocenters. The van der Waals surface area contributed by atoms with Crippen LogP contribution in [0.1, 0.15) is 37.8 Å². The van der Waals surface area contributed by atoms with Crippen LogP contribution < -0.4 is 10.1 Å². The minimum absolute atomic E-state index is 0.0354. The fourth-order valence-corrected chi connectivity index (χ4v) is 5.04. The Morgan fingerprint density at radius 1 is 1.27 bits per heavy atom. The highest BCUT2D eigenvalue weighted by molar-refractivity contribution is 6.11. The summed E-state index contributed by atoms with van der Waals surface area (Å²) in [5, 5.41) is 14.7. The fraction of sp³-hybridized carbons (Fsp3) is 0.308. The summed E-state index contributed by atoms with van der Waals surface area (Å²) in [7, 11) is 1.50. The number of nitrogens with zero attached hydrogens (tertiary/aromatic N) is 2. The van der Waals surface area contributed by atoms with Crippen molar-refractivity contribution >= 4 is 28.4 Å². The third-order valence-corrected chi connectivity index (χ3v) is 6.42. The van der Waals surface area contributed by atoms with Gasteiger partial charge in [0.2, 0.25) is 5.91 Å². The Hall–Kier alpha value is -3.74. The maximum atomic E-state index is 13.5. The lowest BCUT2D eigenvalue weighted by Crippen LogP contribution is -2.33. The van der Waals surface area contributed by atoms with Gasteiger partial charge in [0.05, 0.1) is 24.7 Å². The van der Waals surface area contributed by atoms with E-state index >= 15 is 0 Å². The first kappa shape index (κ1) is 21.1. The minimum atomic E-state index is -0.418. The van der Waals surface area contributed by atoms with Gasteiger partial charge in [0, 0.05) is 42.4 Å². The average Bonchev–Trinajstić information content (AvgIpc) is 3.24. The number of aromatic nitrogens is 1. The third-order valence-electron chi connectivity index (χ3n) is 6.42. The maximum Gasteiger partial charge on any atom is 0.259 e. The molecule has 0 bridgehead atoms. The Balaban J connectivity index is 1.80. The molecule has 2 aromatic carbocycles. The summed E-state index contributed by atoms with van der Waals surface area (Å²) >= 11 is 0. The number of rotatable bonds is 4. The molecule has 5 rings (SSSR count). The van der Waals surface area contributed by atoms with Gasteiger partial charge in [-0.3, -0.25) is 14.5 Å². The summed E-state index contributed by atoms with van der Waals surface area (Å²) in [5.74, 6) is -0.179. The summed E-state index contributed by atoms with van der Waals surface area (Å²) < 4.78 is 7.60. The summed E-state index contributed by atoms with van der Waals surface area (Å²) in [5.41, 5.74) is 5.10. The Labute approximate surface area is 192 Å². The van der Waals surface area contributed by atoms with Crippen LogP contribution in [0.5, 0.6) is 11.5 Å². The first-order chi connectivity index (χ1) is 15.8. The van der Waals surface area contributed by atoms with Crippen LogP contribution in [0.3, 0.4) is 0 Å². The molecule has 0 saturated carbocycles. The molecule has 1 atom stereocenters. The molecule has 0 spiro atoms. The number of imide groups is 1. The molecule has 0 fully saturated rings. The van der Waals surface area contributed by atoms with Crippen molar-refractivity contribution in [3.63, 3.8) is 0 Å². The molecule has 170 valence electrons. The van der Waals surface area contributed by atoms with Crippen LogP contribution in [0, 0.1) is 5.92 Å². The van der Waals surface area contributed by atoms with Crippen molar-refractivity contribution in [3.8, 4) is 11.5 Å². The smallest absolute Gasteiger partial charge is 0.259 e. The number of hydrogen-bond acceptors (Lipinski definition) is 5. The zero-order valence-corrected chi connectivity index (χ0v) is 19.2. The second kappa shape index (κ2) is 7.69. The number of carbonyl (C=O) groups is 2. The Morgan fingerprint density at radius 3 is 2.76 bits per heavy atom. The van der Waals surface area contributed by atoms with Gasteiger partial charge in [-0.1, -0.05) is 26.0 Å². The Bertz CT molecular complexity index is 1330. The molecule has 0 radical (unpaired) electrons. The maximum absolute atomic E-state index is 13.5. The predicted octanol–water partition coefficient (Wildman–Crippen LogP) is 4.21. The van der Waals surface area contributed by atoms with Crippen molar-refractivity contribution in [2.75, 3.05) is 19.0 Å². The van der Waals surface area contributed by atoms with Gasteiger partial charge in [0.15, 0.2) is 11.5 Å². The van der Waals surface area contributed by atoms with E-state index in [-0.39, 0.29) is 24.1 Å². The topological polar surface area (TPSA) is 83.8 Å². The van der Waals surface area contributed by atoms with Crippen molar-refractivity contribution in [2.24, 2.45) is 5.92 Å². The lowest BCUT2D eigenvalue weighted by Gasteiger charge is -2.20. The number of amides is 2. The van der Waals surface area contributed by atoms with E-state index in [1.165, 1.54) is 18.9 Å². The van der Waals surface area contributed by atoms with Gasteiger partial charge >= 0.3 is 0 Å². The zero-order chi connectivity index (χ0) is 23.4. The lowest BCUT2D eigenvalue weighted by molar-refractivity contribution is -0.139. The molecule has 3 aromatic rings. The van der Waals surface area contributed by atoms with Crippen LogP contribution in [-0.4, -0.2) is 40.0 Å². The second-order valence-electron chi connectivity index (χ2n) is 9.12. The van der Waals surface area contributed by atoms with E-state index in [0.29, 0.717) is 17.2 Å². The van der Waals surface area contributed by atoms with Gasteiger partial charge in [0.25, 0.3) is 5.91 Å². The van der Waals surface area contributed by atoms with Crippen molar-refractivity contribution in [1.29, 1.82) is 0 Å². The normalized spacial score (nSPS) is 17.4. The first-order valence-electron chi connectivity index (χ1n) is 11.1. The van der Waals surface area contributed by atoms with Crippen LogP contribution >= 0.6 is 0 Å². The van der Waals surface area contributed by atoms with Crippen molar-refractivity contribution in [1.82, 2.24) is 9.47 Å². The summed E-state index contributed by atoms with van der Waals surface area (Å²) in [6, 6.07) is 11.3. The van der Waals surface area contributed by atoms with E-state index in [2.05, 4.69) is 36.0 Å². The molecule has 2 N–H and O–H groups in total. The first-order valence-corrected chi connectivity index (χ1v) is 11.1. The van der Waals surface area contributed by atoms with Gasteiger partial charge < -0.3 is 19.7 Å². The molecule has 3 heterocycles. The molecule has 2 amide bonds. The predicted molar refractivity (Wildman–Crippen MR) is 126 cm³/mol. The van der Waals surface area contributed by atoms with Crippen LogP contribution in [0.25, 0.3) is 10.9 Å². The highest BCUT2D eigenvalue weighted by Crippen LogP contribution is 2.47. The number of hydrogen-bond donors (Lipinski definition) is 2. The molecule has 2 aliphatic rings. The molecule has 7 heteroatoms. The monoisotopic (exact) mass is 445 g/mol. The summed E-state index contributed by atoms with van der Waals surface area (Å²) in [6.07, 6.45) is 2.12. The molecule has 1 aromatic heterocycles. The zero-order valence-electron chi connectivity index (χ0n) is 19.2. The molecule has 0 aliphatic carbocycles. The van der Waals surface area contributed by atoms with Crippen LogP contribution in [0.2, 0.25) is 0 Å². The van der Waals surface area contributed by atoms with E-state index in [4.69, 9.17) is 4.74 Å². The highest BCUT2D eigenvalue weighted by Gasteiger charge is 2.41. The van der Waals surface area contributed by atoms with Crippen LogP contribution in [0.15, 0.2) is 53.9 Å². The number of aromatic hydroxyl groups is 1. The molecular formula is C26H27N3O4. The second-order valence-corrected chi connectivity index (χ2v) is 9.12. The molecule has 33 heavy (non-hydrogen) atoms. The van der Waals surface area contributed by atoms with Gasteiger partial charge in [-0.15, -0.1) is 0 Å². The molecule has 7 nitrogen and oxygen atoms in total. The van der Waals surface area contributed by atoms with Crippen LogP contribution in [0.4, 0.5) is 5.69 Å². The number of carbonyl (C=O) groups excluding carboxylic acids is 2. The summed E-state index contributed by atoms with van der Waals surface area (Å²) in [4.78, 5) is 27.0. The minimum Gasteiger partial charge on any atom is -0.504 e. The molecule has 0 saturated heterocycles. The third kappa shape index (κ3) is 3.26. The number of benzene rings is 2. The average molecular weight is 446 g/mol. The van der Waals surface area contributed by atoms with Crippen molar-refractivity contribution in [2.45, 2.75) is 33.2 Å². The van der Waals surface area contributed by atoms with E-state index in [1.807, 2.05) is 18.2 Å². The largest absolute Gasteiger partial charge is 0.504 e. The Kier molecular flexibility index (Phi) is 4.92. The molecular weight excluding hydrogens is 418 g/mol. The number of ether oxygens (including phenoxy) is 1. The molecule has 2 aliphatic heterocycles. The number of anilines is 1. The lowest BCUT2D eigenvalue weighted by atomic mass is 9.84. The van der Waals surface area contributed by atoms with Gasteiger partial charge in [-0.2, -0.15) is 0 Å². The van der Waals surface area contributed by atoms with E-state index in [1.54, 1.807) is 12.1 Å². The fourth-order valence-electron chi connectivity index (χ4n) is 5.04. The number of nitrogens with one attached hydrogen (secondary N) is 1. The van der Waals surface area contributed by atoms with E-state index in [9.17, 15) is 14.7 Å². The van der Waals surface area contributed by atoms with E-state index < -0.39 is 5.92 Å². The van der Waals surface area contributed by atoms with Gasteiger partial charge in [0.1, 0.15) is 0 Å². The van der Waals surface area contributed by atoms with Crippen molar-refractivity contribution in [3.05, 3.63) is 65.0 Å². The van der Waals surface area contributed by atoms with Gasteiger partial charge in [-0.25, -0.2) is 0 Å². The van der Waals surface area contributed by atoms with Gasteiger partial charge in [-0.05, 0) is 41.3 Å². The quantitative estimate of drug-likeness (QED) is 0.629. The summed E-state index contributed by atoms with van der Waals surface area (Å²) in [6.45, 7) is 6.81. The van der Waals surface area contributed by atoms with Crippen molar-refractivity contribution < 1.29 is 19.4 Å². The van der Waals surface area contributed by atoms with E-state index in [0.717, 1.165) is 40.0 Å². The van der Waals surface area contributed by atoms with Crippen LogP contribution in [-0.2, 0) is 16.1 Å². The Morgan fingerprint density at radius 2 is 2.06 bits per heavy atom. The standard InChI is InChI=1S/C26H27N3O4/c1-14(2)11-28-12-17-23(16-8-9-21(31)22(10-16)33-4)25-19(13-29(15(3)30)26(25)32)27-18-6-5-7-20(28)24(17)18/h5-10,12,14,23,27,31H,11,13H2,1-4H3.